The van der Waals surface area contributed by atoms with Crippen molar-refractivity contribution in [3.05, 3.63) is 75.5 Å². The van der Waals surface area contributed by atoms with E-state index in [0.717, 1.165) is 65.5 Å². The lowest BCUT2D eigenvalue weighted by atomic mass is 10.0. The SMILES string of the molecule is Cc1c(Nc2nc3ccccc3s2)nnc2c1CCCN2c1nc(C(=O)O)c(CCCOc2ccc(C#CCN3CCN(C)CC3)cc2F)s1. The Labute approximate surface area is 297 Å². The molecule has 5 aromatic rings. The van der Waals surface area contributed by atoms with Crippen LogP contribution in [0.4, 0.5) is 26.3 Å². The molecule has 0 unspecified atom stereocenters. The van der Waals surface area contributed by atoms with Gasteiger partial charge in [0.25, 0.3) is 0 Å². The Hall–Kier alpha value is -4.68. The molecule has 3 aromatic heterocycles. The Morgan fingerprint density at radius 2 is 1.92 bits per heavy atom. The summed E-state index contributed by atoms with van der Waals surface area (Å²) >= 11 is 2.89. The number of halogens is 1. The maximum absolute atomic E-state index is 14.8. The fourth-order valence-electron chi connectivity index (χ4n) is 6.07. The number of hydrogen-bond donors (Lipinski definition) is 2. The molecular weight excluding hydrogens is 676 g/mol. The molecular formula is C36H37FN8O3S2. The molecule has 2 N–H and O–H groups in total. The molecule has 1 fully saturated rings. The first-order valence-electron chi connectivity index (χ1n) is 16.6. The number of aryl methyl sites for hydroxylation is 1. The van der Waals surface area contributed by atoms with Gasteiger partial charge in [0.15, 0.2) is 39.2 Å². The summed E-state index contributed by atoms with van der Waals surface area (Å²) < 4.78 is 21.6. The van der Waals surface area contributed by atoms with E-state index in [1.54, 1.807) is 23.5 Å². The smallest absolute Gasteiger partial charge is 0.355 e. The summed E-state index contributed by atoms with van der Waals surface area (Å²) in [6, 6.07) is 12.7. The van der Waals surface area contributed by atoms with E-state index in [4.69, 9.17) is 4.74 Å². The van der Waals surface area contributed by atoms with Crippen molar-refractivity contribution in [3.63, 3.8) is 0 Å². The van der Waals surface area contributed by atoms with Gasteiger partial charge in [-0.25, -0.2) is 19.2 Å². The molecule has 0 bridgehead atoms. The molecule has 14 heteroatoms. The van der Waals surface area contributed by atoms with Crippen molar-refractivity contribution in [2.45, 2.75) is 32.6 Å². The number of carboxylic acid groups (broad SMARTS) is 1. The van der Waals surface area contributed by atoms with Crippen LogP contribution in [0.15, 0.2) is 42.5 Å². The van der Waals surface area contributed by atoms with Crippen molar-refractivity contribution in [2.75, 3.05) is 63.1 Å². The highest BCUT2D eigenvalue weighted by atomic mass is 32.1. The zero-order valence-electron chi connectivity index (χ0n) is 27.9. The second-order valence-electron chi connectivity index (χ2n) is 12.4. The predicted octanol–water partition coefficient (Wildman–Crippen LogP) is 6.13. The van der Waals surface area contributed by atoms with Gasteiger partial charge in [0, 0.05) is 54.3 Å². The average Bonchev–Trinajstić information content (AvgIpc) is 3.73. The molecule has 5 heterocycles. The summed E-state index contributed by atoms with van der Waals surface area (Å²) in [5, 5.41) is 23.7. The zero-order valence-corrected chi connectivity index (χ0v) is 29.5. The summed E-state index contributed by atoms with van der Waals surface area (Å²) in [7, 11) is 2.12. The minimum atomic E-state index is -1.09. The maximum atomic E-state index is 14.8. The third-order valence-corrected chi connectivity index (χ3v) is 11.0. The van der Waals surface area contributed by atoms with Crippen LogP contribution < -0.4 is 15.0 Å². The normalized spacial score (nSPS) is 15.1. The maximum Gasteiger partial charge on any atom is 0.355 e. The van der Waals surface area contributed by atoms with E-state index in [1.807, 2.05) is 36.1 Å². The number of nitrogens with one attached hydrogen (secondary N) is 1. The quantitative estimate of drug-likeness (QED) is 0.129. The van der Waals surface area contributed by atoms with E-state index in [-0.39, 0.29) is 18.1 Å². The number of likely N-dealkylation sites (N-methyl/N-ethyl adjacent to an activating group) is 1. The molecule has 50 heavy (non-hydrogen) atoms. The molecule has 2 aliphatic heterocycles. The minimum Gasteiger partial charge on any atom is -0.491 e. The molecule has 2 aromatic carbocycles. The number of carboxylic acids is 1. The van der Waals surface area contributed by atoms with Gasteiger partial charge in [-0.15, -0.1) is 21.5 Å². The molecule has 2 aliphatic rings. The number of benzene rings is 2. The Bertz CT molecular complexity index is 2050. The number of thiazole rings is 2. The highest BCUT2D eigenvalue weighted by Crippen LogP contribution is 2.39. The number of ether oxygens (including phenoxy) is 1. The predicted molar refractivity (Wildman–Crippen MR) is 195 cm³/mol. The summed E-state index contributed by atoms with van der Waals surface area (Å²) in [5.74, 6) is 6.12. The first-order valence-corrected chi connectivity index (χ1v) is 18.3. The van der Waals surface area contributed by atoms with Gasteiger partial charge < -0.3 is 25.0 Å². The van der Waals surface area contributed by atoms with Crippen molar-refractivity contribution in [1.29, 1.82) is 0 Å². The van der Waals surface area contributed by atoms with Gasteiger partial charge in [0.1, 0.15) is 0 Å². The molecule has 0 saturated carbocycles. The third-order valence-electron chi connectivity index (χ3n) is 8.89. The average molecular weight is 713 g/mol. The second-order valence-corrected chi connectivity index (χ2v) is 14.5. The van der Waals surface area contributed by atoms with E-state index in [1.165, 1.54) is 17.4 Å². The number of aromatic carboxylic acids is 1. The first-order chi connectivity index (χ1) is 24.3. The van der Waals surface area contributed by atoms with Crippen molar-refractivity contribution in [3.8, 4) is 17.6 Å². The van der Waals surface area contributed by atoms with Crippen LogP contribution in [-0.4, -0.2) is 94.0 Å². The van der Waals surface area contributed by atoms with Crippen LogP contribution in [0.1, 0.15) is 44.9 Å². The standard InChI is InChI=1S/C36H37FN8O3S2/c1-23-25-9-6-16-45(33(25)42-41-32(23)40-35-38-27-10-3-4-11-29(27)49-35)36-39-31(34(46)47)30(50-36)12-7-21-48-28-14-13-24(22-26(28)37)8-5-15-44-19-17-43(2)18-20-44/h3-4,10-11,13-14,22H,6-7,9,12,15-21H2,1-2H3,(H,46,47)(H,38,40,41). The highest BCUT2D eigenvalue weighted by Gasteiger charge is 2.28. The number of anilines is 4. The Kier molecular flexibility index (Phi) is 10.2. The van der Waals surface area contributed by atoms with Gasteiger partial charge in [-0.05, 0) is 70.0 Å². The second kappa shape index (κ2) is 15.1. The fraction of sp³-hybridized carbons (Fsp3) is 0.361. The van der Waals surface area contributed by atoms with Crippen LogP contribution >= 0.6 is 22.7 Å². The van der Waals surface area contributed by atoms with Crippen molar-refractivity contribution >= 4 is 60.8 Å². The number of hydrogen-bond acceptors (Lipinski definition) is 12. The van der Waals surface area contributed by atoms with Crippen molar-refractivity contribution in [1.82, 2.24) is 30.0 Å². The van der Waals surface area contributed by atoms with E-state index in [9.17, 15) is 14.3 Å². The zero-order chi connectivity index (χ0) is 34.6. The third kappa shape index (κ3) is 7.56. The molecule has 1 saturated heterocycles. The van der Waals surface area contributed by atoms with Crippen LogP contribution in [0.2, 0.25) is 0 Å². The van der Waals surface area contributed by atoms with Crippen LogP contribution in [0.5, 0.6) is 5.75 Å². The Balaban J connectivity index is 0.980. The number of carbonyl (C=O) groups is 1. The summed E-state index contributed by atoms with van der Waals surface area (Å²) in [6.45, 7) is 7.56. The van der Waals surface area contributed by atoms with Gasteiger partial charge in [-0.3, -0.25) is 4.90 Å². The molecule has 7 rings (SSSR count). The lowest BCUT2D eigenvalue weighted by Crippen LogP contribution is -2.44. The summed E-state index contributed by atoms with van der Waals surface area (Å²) in [4.78, 5) is 28.6. The lowest BCUT2D eigenvalue weighted by Gasteiger charge is -2.30. The van der Waals surface area contributed by atoms with Crippen LogP contribution in [0.3, 0.4) is 0 Å². The van der Waals surface area contributed by atoms with E-state index < -0.39 is 11.8 Å². The van der Waals surface area contributed by atoms with Crippen LogP contribution in [0.25, 0.3) is 10.2 Å². The van der Waals surface area contributed by atoms with Gasteiger partial charge in [0.05, 0.1) is 23.4 Å². The molecule has 0 amide bonds. The Morgan fingerprint density at radius 1 is 1.08 bits per heavy atom. The molecule has 258 valence electrons. The highest BCUT2D eigenvalue weighted by molar-refractivity contribution is 7.22. The first kappa shape index (κ1) is 33.8. The monoisotopic (exact) mass is 712 g/mol. The number of fused-ring (bicyclic) bond motifs is 2. The molecule has 0 spiro atoms. The molecule has 0 atom stereocenters. The van der Waals surface area contributed by atoms with Gasteiger partial charge in [-0.2, -0.15) is 0 Å². The lowest BCUT2D eigenvalue weighted by molar-refractivity contribution is 0.0690. The number of piperazine rings is 1. The number of para-hydroxylation sites is 1. The largest absolute Gasteiger partial charge is 0.491 e. The van der Waals surface area contributed by atoms with Crippen LogP contribution in [0, 0.1) is 24.6 Å². The van der Waals surface area contributed by atoms with Gasteiger partial charge >= 0.3 is 5.97 Å². The molecule has 11 nitrogen and oxygen atoms in total. The van der Waals surface area contributed by atoms with Crippen LogP contribution in [-0.2, 0) is 12.8 Å². The van der Waals surface area contributed by atoms with E-state index in [0.29, 0.717) is 53.1 Å². The number of aromatic nitrogens is 4. The summed E-state index contributed by atoms with van der Waals surface area (Å²) in [5.41, 5.74) is 3.57. The minimum absolute atomic E-state index is 0.0154. The van der Waals surface area contributed by atoms with E-state index >= 15 is 0 Å². The topological polar surface area (TPSA) is 120 Å². The summed E-state index contributed by atoms with van der Waals surface area (Å²) in [6.07, 6.45) is 2.60. The fourth-order valence-corrected chi connectivity index (χ4v) is 8.06. The number of rotatable bonds is 10. The van der Waals surface area contributed by atoms with Gasteiger partial charge in [-0.1, -0.05) is 35.3 Å². The Morgan fingerprint density at radius 3 is 2.72 bits per heavy atom. The molecule has 0 radical (unpaired) electrons. The number of nitrogens with zero attached hydrogens (tertiary/aromatic N) is 7. The van der Waals surface area contributed by atoms with Crippen molar-refractivity contribution in [2.24, 2.45) is 0 Å². The van der Waals surface area contributed by atoms with Crippen molar-refractivity contribution < 1.29 is 19.0 Å². The van der Waals surface area contributed by atoms with Gasteiger partial charge in [0.2, 0.25) is 0 Å². The molecule has 0 aliphatic carbocycles. The van der Waals surface area contributed by atoms with E-state index in [2.05, 4.69) is 54.2 Å².